The number of nitrogens with zero attached hydrogens (tertiary/aromatic N) is 2. The number of hydrogen-bond acceptors (Lipinski definition) is 1. The third-order valence-corrected chi connectivity index (χ3v) is 12.9. The Morgan fingerprint density at radius 2 is 0.789 bits per heavy atom. The van der Waals surface area contributed by atoms with Crippen molar-refractivity contribution in [2.45, 2.75) is 0 Å². The maximum atomic E-state index is 2.41. The molecule has 0 aliphatic carbocycles. The van der Waals surface area contributed by atoms with Crippen molar-refractivity contribution in [3.63, 3.8) is 0 Å². The minimum atomic E-state index is 1.16. The van der Waals surface area contributed by atoms with Gasteiger partial charge in [-0.15, -0.1) is 11.3 Å². The molecule has 0 spiro atoms. The highest BCUT2D eigenvalue weighted by Crippen LogP contribution is 2.41. The van der Waals surface area contributed by atoms with Gasteiger partial charge in [0.1, 0.15) is 0 Å². The Bertz CT molecular complexity index is 3490. The van der Waals surface area contributed by atoms with Crippen molar-refractivity contribution in [1.82, 2.24) is 9.13 Å². The second kappa shape index (κ2) is 12.7. The summed E-state index contributed by atoms with van der Waals surface area (Å²) in [4.78, 5) is 0. The molecule has 3 heterocycles. The van der Waals surface area contributed by atoms with Crippen LogP contribution in [0.25, 0.3) is 109 Å². The van der Waals surface area contributed by atoms with Crippen LogP contribution in [0.15, 0.2) is 206 Å². The number of benzene rings is 9. The Kier molecular flexibility index (Phi) is 7.13. The van der Waals surface area contributed by atoms with Crippen molar-refractivity contribution in [3.8, 4) is 44.8 Å². The lowest BCUT2D eigenvalue weighted by Gasteiger charge is -2.11. The molecule has 2 nitrogen and oxygen atoms in total. The number of aromatic nitrogens is 2. The molecule has 12 aromatic rings. The zero-order valence-electron chi connectivity index (χ0n) is 30.9. The van der Waals surface area contributed by atoms with Gasteiger partial charge in [0, 0.05) is 53.1 Å². The smallest absolute Gasteiger partial charge is 0.0547 e. The summed E-state index contributed by atoms with van der Waals surface area (Å²) in [5, 5.41) is 7.72. The van der Waals surface area contributed by atoms with Crippen LogP contribution in [0, 0.1) is 0 Å². The third kappa shape index (κ3) is 5.03. The minimum absolute atomic E-state index is 1.16. The Morgan fingerprint density at radius 3 is 1.54 bits per heavy atom. The highest BCUT2D eigenvalue weighted by Gasteiger charge is 2.16. The molecule has 0 radical (unpaired) electrons. The molecule has 0 aliphatic rings. The van der Waals surface area contributed by atoms with Crippen LogP contribution in [0.1, 0.15) is 0 Å². The molecule has 0 unspecified atom stereocenters. The average molecular weight is 743 g/mol. The van der Waals surface area contributed by atoms with E-state index in [2.05, 4.69) is 215 Å². The molecule has 0 bridgehead atoms. The van der Waals surface area contributed by atoms with E-state index in [1.807, 2.05) is 11.3 Å². The van der Waals surface area contributed by atoms with E-state index in [1.54, 1.807) is 0 Å². The van der Waals surface area contributed by atoms with Crippen LogP contribution in [-0.4, -0.2) is 9.13 Å². The Balaban J connectivity index is 0.911. The van der Waals surface area contributed by atoms with Gasteiger partial charge in [0.25, 0.3) is 0 Å². The van der Waals surface area contributed by atoms with Crippen LogP contribution in [-0.2, 0) is 0 Å². The first kappa shape index (κ1) is 32.1. The van der Waals surface area contributed by atoms with Crippen LogP contribution in [0.5, 0.6) is 0 Å². The van der Waals surface area contributed by atoms with Crippen LogP contribution < -0.4 is 0 Å². The van der Waals surface area contributed by atoms with E-state index in [0.29, 0.717) is 0 Å². The first-order valence-electron chi connectivity index (χ1n) is 19.5. The Labute approximate surface area is 333 Å². The fourth-order valence-electron chi connectivity index (χ4n) is 9.10. The summed E-state index contributed by atoms with van der Waals surface area (Å²) < 4.78 is 7.45. The summed E-state index contributed by atoms with van der Waals surface area (Å²) in [6, 6.07) is 75.6. The lowest BCUT2D eigenvalue weighted by molar-refractivity contribution is 1.18. The fraction of sp³-hybridized carbons (Fsp3) is 0. The van der Waals surface area contributed by atoms with Crippen molar-refractivity contribution >= 4 is 75.1 Å². The molecule has 0 fully saturated rings. The molecule has 0 saturated heterocycles. The first-order chi connectivity index (χ1) is 28.3. The Hall–Kier alpha value is -7.20. The molecule has 9 aromatic carbocycles. The van der Waals surface area contributed by atoms with E-state index in [0.717, 1.165) is 5.69 Å². The molecule has 0 atom stereocenters. The molecule has 0 aliphatic heterocycles. The van der Waals surface area contributed by atoms with Gasteiger partial charge in [-0.3, -0.25) is 0 Å². The number of hydrogen-bond donors (Lipinski definition) is 0. The normalized spacial score (nSPS) is 11.9. The zero-order valence-corrected chi connectivity index (χ0v) is 31.7. The molecule has 3 heteroatoms. The second-order valence-corrected chi connectivity index (χ2v) is 16.0. The number of thiophene rings is 1. The van der Waals surface area contributed by atoms with Gasteiger partial charge in [0.2, 0.25) is 0 Å². The largest absolute Gasteiger partial charge is 0.309 e. The molecule has 0 N–H and O–H groups in total. The van der Waals surface area contributed by atoms with E-state index < -0.39 is 0 Å². The van der Waals surface area contributed by atoms with Crippen molar-refractivity contribution in [3.05, 3.63) is 206 Å². The first-order valence-corrected chi connectivity index (χ1v) is 20.3. The zero-order chi connectivity index (χ0) is 37.5. The van der Waals surface area contributed by atoms with Crippen LogP contribution in [0.3, 0.4) is 0 Å². The average Bonchev–Trinajstić information content (AvgIpc) is 3.94. The summed E-state index contributed by atoms with van der Waals surface area (Å²) in [6.45, 7) is 0. The highest BCUT2D eigenvalue weighted by molar-refractivity contribution is 7.25. The van der Waals surface area contributed by atoms with Gasteiger partial charge < -0.3 is 9.13 Å². The van der Waals surface area contributed by atoms with Crippen LogP contribution in [0.2, 0.25) is 0 Å². The molecule has 3 aromatic heterocycles. The van der Waals surface area contributed by atoms with E-state index in [1.165, 1.54) is 103 Å². The fourth-order valence-corrected chi connectivity index (χ4v) is 10.2. The number of rotatable bonds is 5. The van der Waals surface area contributed by atoms with Gasteiger partial charge >= 0.3 is 0 Å². The van der Waals surface area contributed by atoms with E-state index in [-0.39, 0.29) is 0 Å². The predicted octanol–water partition coefficient (Wildman–Crippen LogP) is 15.2. The highest BCUT2D eigenvalue weighted by atomic mass is 32.1. The van der Waals surface area contributed by atoms with E-state index in [4.69, 9.17) is 0 Å². The maximum Gasteiger partial charge on any atom is 0.0547 e. The number of fused-ring (bicyclic) bond motifs is 9. The van der Waals surface area contributed by atoms with Crippen LogP contribution in [0.4, 0.5) is 0 Å². The second-order valence-electron chi connectivity index (χ2n) is 14.9. The summed E-state index contributed by atoms with van der Waals surface area (Å²) in [5.41, 5.74) is 14.5. The SMILES string of the molecule is c1ccc(-n2c3ccccc3c3ccc(-c4ccc(-c5ccc6c(c5)c5ccccc5n6-c5ccc(-c6cccc7sc8ccccc8c67)cc5)cc4)cc32)cc1. The minimum Gasteiger partial charge on any atom is -0.309 e. The quantitative estimate of drug-likeness (QED) is 0.166. The van der Waals surface area contributed by atoms with Crippen molar-refractivity contribution in [2.75, 3.05) is 0 Å². The standard InChI is InChI=1S/C54H34N2S/c1-2-11-40(12-3-1)56-48-17-7-4-13-43(48)45-31-27-39(34-51(45)56)36-23-21-35(22-24-36)38-28-32-50-47(33-38)44-14-5-8-18-49(44)55(50)41-29-25-37(26-30-41)42-16-10-20-53-54(42)46-15-6-9-19-52(46)57-53/h1-34H. The summed E-state index contributed by atoms with van der Waals surface area (Å²) in [7, 11) is 0. The lowest BCUT2D eigenvalue weighted by Crippen LogP contribution is -1.94. The van der Waals surface area contributed by atoms with Crippen molar-refractivity contribution in [2.24, 2.45) is 0 Å². The van der Waals surface area contributed by atoms with Gasteiger partial charge in [0.05, 0.1) is 22.1 Å². The molecule has 266 valence electrons. The van der Waals surface area contributed by atoms with Crippen molar-refractivity contribution in [1.29, 1.82) is 0 Å². The summed E-state index contributed by atoms with van der Waals surface area (Å²) >= 11 is 1.87. The lowest BCUT2D eigenvalue weighted by atomic mass is 9.98. The van der Waals surface area contributed by atoms with Gasteiger partial charge in [-0.05, 0) is 100 Å². The third-order valence-electron chi connectivity index (χ3n) is 11.8. The van der Waals surface area contributed by atoms with Crippen molar-refractivity contribution < 1.29 is 0 Å². The maximum absolute atomic E-state index is 2.41. The molecule has 0 saturated carbocycles. The summed E-state index contributed by atoms with van der Waals surface area (Å²) in [6.07, 6.45) is 0. The molecule has 57 heavy (non-hydrogen) atoms. The Morgan fingerprint density at radius 1 is 0.281 bits per heavy atom. The molecule has 12 rings (SSSR count). The number of para-hydroxylation sites is 3. The van der Waals surface area contributed by atoms with Gasteiger partial charge in [-0.25, -0.2) is 0 Å². The molecule has 0 amide bonds. The topological polar surface area (TPSA) is 9.86 Å². The van der Waals surface area contributed by atoms with E-state index >= 15 is 0 Å². The van der Waals surface area contributed by atoms with Crippen LogP contribution >= 0.6 is 11.3 Å². The van der Waals surface area contributed by atoms with Gasteiger partial charge in [-0.2, -0.15) is 0 Å². The monoisotopic (exact) mass is 742 g/mol. The summed E-state index contributed by atoms with van der Waals surface area (Å²) in [5.74, 6) is 0. The molecular weight excluding hydrogens is 709 g/mol. The van der Waals surface area contributed by atoms with Gasteiger partial charge in [0.15, 0.2) is 0 Å². The molecular formula is C54H34N2S. The van der Waals surface area contributed by atoms with E-state index in [9.17, 15) is 0 Å². The predicted molar refractivity (Wildman–Crippen MR) is 244 cm³/mol. The van der Waals surface area contributed by atoms with Gasteiger partial charge in [-0.1, -0.05) is 140 Å².